The fraction of sp³-hybridized carbons (Fsp3) is 0. The summed E-state index contributed by atoms with van der Waals surface area (Å²) in [6.45, 7) is 0. The van der Waals surface area contributed by atoms with Crippen LogP contribution in [0, 0.1) is 9.41 Å². The molecule has 1 amide bonds. The number of amides is 1. The van der Waals surface area contributed by atoms with Crippen molar-refractivity contribution in [3.05, 3.63) is 75.8 Å². The summed E-state index contributed by atoms with van der Waals surface area (Å²) in [4.78, 5) is 18.8. The Kier molecular flexibility index (Phi) is 4.19. The number of fused-ring (bicyclic) bond motifs is 1. The van der Waals surface area contributed by atoms with Gasteiger partial charge in [0, 0.05) is 5.69 Å². The first-order chi connectivity index (χ1) is 12.6. The molecular formula is C18H13N5OS2. The first-order valence-electron chi connectivity index (χ1n) is 7.80. The second-order valence-corrected chi connectivity index (χ2v) is 6.36. The predicted octanol–water partition coefficient (Wildman–Crippen LogP) is 4.39. The number of para-hydroxylation sites is 2. The highest BCUT2D eigenvalue weighted by molar-refractivity contribution is 7.72. The molecule has 2 heterocycles. The van der Waals surface area contributed by atoms with Crippen LogP contribution in [0.2, 0.25) is 0 Å². The smallest absolute Gasteiger partial charge is 0.277 e. The molecular weight excluding hydrogens is 366 g/mol. The molecule has 0 aliphatic carbocycles. The summed E-state index contributed by atoms with van der Waals surface area (Å²) < 4.78 is 2.37. The van der Waals surface area contributed by atoms with E-state index in [2.05, 4.69) is 20.4 Å². The highest BCUT2D eigenvalue weighted by atomic mass is 32.1. The average Bonchev–Trinajstić information content (AvgIpc) is 3.03. The molecule has 0 saturated heterocycles. The molecule has 0 aliphatic heterocycles. The minimum absolute atomic E-state index is 0.222. The third-order valence-electron chi connectivity index (χ3n) is 3.82. The maximum Gasteiger partial charge on any atom is 0.277 e. The Hall–Kier alpha value is -3.10. The number of nitrogens with zero attached hydrogens (tertiary/aromatic N) is 2. The SMILES string of the molecule is O=C(Nc1ccccc1)c1nn(-c2ccccc2)c2[nH]c(=S)[nH]c(=S)c12. The van der Waals surface area contributed by atoms with Crippen molar-refractivity contribution in [1.29, 1.82) is 0 Å². The number of nitrogens with one attached hydrogen (secondary N) is 3. The summed E-state index contributed by atoms with van der Waals surface area (Å²) in [7, 11) is 0. The van der Waals surface area contributed by atoms with Crippen LogP contribution in [-0.4, -0.2) is 25.7 Å². The molecule has 26 heavy (non-hydrogen) atoms. The van der Waals surface area contributed by atoms with Gasteiger partial charge in [-0.25, -0.2) is 4.68 Å². The molecule has 0 aliphatic rings. The Morgan fingerprint density at radius 1 is 0.962 bits per heavy atom. The van der Waals surface area contributed by atoms with Crippen LogP contribution in [-0.2, 0) is 0 Å². The van der Waals surface area contributed by atoms with Gasteiger partial charge in [-0.05, 0) is 36.5 Å². The molecule has 0 spiro atoms. The number of carbonyl (C=O) groups excluding carboxylic acids is 1. The molecule has 0 atom stereocenters. The number of hydrogen-bond donors (Lipinski definition) is 3. The monoisotopic (exact) mass is 379 g/mol. The van der Waals surface area contributed by atoms with E-state index in [1.807, 2.05) is 60.7 Å². The van der Waals surface area contributed by atoms with Gasteiger partial charge in [-0.15, -0.1) is 0 Å². The first kappa shape index (κ1) is 16.4. The summed E-state index contributed by atoms with van der Waals surface area (Å²) in [5.74, 6) is -0.346. The summed E-state index contributed by atoms with van der Waals surface area (Å²) in [5.41, 5.74) is 2.27. The lowest BCUT2D eigenvalue weighted by molar-refractivity contribution is 0.102. The topological polar surface area (TPSA) is 78.5 Å². The number of anilines is 1. The van der Waals surface area contributed by atoms with Gasteiger partial charge in [0.25, 0.3) is 5.91 Å². The van der Waals surface area contributed by atoms with Crippen LogP contribution >= 0.6 is 24.4 Å². The minimum Gasteiger partial charge on any atom is -0.323 e. The van der Waals surface area contributed by atoms with Gasteiger partial charge < -0.3 is 15.3 Å². The van der Waals surface area contributed by atoms with Crippen molar-refractivity contribution in [1.82, 2.24) is 19.7 Å². The number of H-pyrrole nitrogens is 2. The number of hydrogen-bond acceptors (Lipinski definition) is 4. The maximum absolute atomic E-state index is 12.8. The highest BCUT2D eigenvalue weighted by Crippen LogP contribution is 2.22. The van der Waals surface area contributed by atoms with Gasteiger partial charge in [0.1, 0.15) is 10.3 Å². The van der Waals surface area contributed by atoms with Crippen LogP contribution in [0.5, 0.6) is 0 Å². The summed E-state index contributed by atoms with van der Waals surface area (Å²) in [5, 5.41) is 7.86. The summed E-state index contributed by atoms with van der Waals surface area (Å²) >= 11 is 10.6. The molecule has 0 radical (unpaired) electrons. The Bertz CT molecular complexity index is 1210. The van der Waals surface area contributed by atoms with Gasteiger partial charge in [0.15, 0.2) is 10.5 Å². The van der Waals surface area contributed by atoms with E-state index in [1.54, 1.807) is 4.68 Å². The average molecular weight is 379 g/mol. The predicted molar refractivity (Wildman–Crippen MR) is 106 cm³/mol. The van der Waals surface area contributed by atoms with Crippen molar-refractivity contribution < 1.29 is 4.79 Å². The summed E-state index contributed by atoms with van der Waals surface area (Å²) in [6, 6.07) is 18.7. The highest BCUT2D eigenvalue weighted by Gasteiger charge is 2.20. The molecule has 0 bridgehead atoms. The molecule has 2 aromatic heterocycles. The normalized spacial score (nSPS) is 10.8. The Morgan fingerprint density at radius 3 is 2.31 bits per heavy atom. The summed E-state index contributed by atoms with van der Waals surface area (Å²) in [6.07, 6.45) is 0. The number of aromatic amines is 2. The van der Waals surface area contributed by atoms with Gasteiger partial charge in [0.2, 0.25) is 0 Å². The van der Waals surface area contributed by atoms with Crippen molar-refractivity contribution in [2.75, 3.05) is 5.32 Å². The molecule has 2 aromatic carbocycles. The number of carbonyl (C=O) groups is 1. The van der Waals surface area contributed by atoms with Crippen LogP contribution in [0.25, 0.3) is 16.7 Å². The van der Waals surface area contributed by atoms with Gasteiger partial charge in [-0.3, -0.25) is 4.79 Å². The second kappa shape index (κ2) is 6.66. The van der Waals surface area contributed by atoms with Crippen LogP contribution in [0.4, 0.5) is 5.69 Å². The second-order valence-electron chi connectivity index (χ2n) is 5.55. The number of aromatic nitrogens is 4. The lowest BCUT2D eigenvalue weighted by Crippen LogP contribution is -2.13. The quantitative estimate of drug-likeness (QED) is 0.461. The number of rotatable bonds is 3. The van der Waals surface area contributed by atoms with Crippen molar-refractivity contribution in [2.45, 2.75) is 0 Å². The lowest BCUT2D eigenvalue weighted by atomic mass is 10.2. The zero-order chi connectivity index (χ0) is 18.1. The van der Waals surface area contributed by atoms with E-state index in [-0.39, 0.29) is 11.6 Å². The standard InChI is InChI=1S/C18H13N5OS2/c24-16(19-11-7-3-1-4-8-11)14-13-15(20-18(26)21-17(13)25)23(22-14)12-9-5-2-6-10-12/h1-10H,(H,19,24)(H2,20,21,25,26). The van der Waals surface area contributed by atoms with Crippen molar-refractivity contribution in [3.63, 3.8) is 0 Å². The van der Waals surface area contributed by atoms with Crippen LogP contribution in [0.1, 0.15) is 10.5 Å². The first-order valence-corrected chi connectivity index (χ1v) is 8.62. The third kappa shape index (κ3) is 2.96. The van der Waals surface area contributed by atoms with E-state index in [0.29, 0.717) is 26.1 Å². The van der Waals surface area contributed by atoms with E-state index < -0.39 is 0 Å². The van der Waals surface area contributed by atoms with Gasteiger partial charge >= 0.3 is 0 Å². The van der Waals surface area contributed by atoms with E-state index in [4.69, 9.17) is 24.4 Å². The largest absolute Gasteiger partial charge is 0.323 e. The Morgan fingerprint density at radius 2 is 1.62 bits per heavy atom. The molecule has 128 valence electrons. The molecule has 3 N–H and O–H groups in total. The van der Waals surface area contributed by atoms with E-state index >= 15 is 0 Å². The van der Waals surface area contributed by atoms with Gasteiger partial charge in [-0.1, -0.05) is 48.6 Å². The van der Waals surface area contributed by atoms with Crippen molar-refractivity contribution in [3.8, 4) is 5.69 Å². The molecule has 4 aromatic rings. The molecule has 0 unspecified atom stereocenters. The molecule has 0 saturated carbocycles. The Labute approximate surface area is 158 Å². The van der Waals surface area contributed by atoms with E-state index in [0.717, 1.165) is 5.69 Å². The minimum atomic E-state index is -0.346. The Balaban J connectivity index is 1.91. The molecule has 4 rings (SSSR count). The lowest BCUT2D eigenvalue weighted by Gasteiger charge is -2.03. The third-order valence-corrected chi connectivity index (χ3v) is 4.33. The zero-order valence-corrected chi connectivity index (χ0v) is 15.0. The van der Waals surface area contributed by atoms with Crippen LogP contribution in [0.15, 0.2) is 60.7 Å². The van der Waals surface area contributed by atoms with E-state index in [1.165, 1.54) is 0 Å². The zero-order valence-electron chi connectivity index (χ0n) is 13.4. The van der Waals surface area contributed by atoms with E-state index in [9.17, 15) is 4.79 Å². The van der Waals surface area contributed by atoms with Crippen molar-refractivity contribution >= 4 is 47.1 Å². The van der Waals surface area contributed by atoms with Gasteiger partial charge in [0.05, 0.1) is 11.1 Å². The molecule has 0 fully saturated rings. The molecule has 6 nitrogen and oxygen atoms in total. The number of benzene rings is 2. The fourth-order valence-electron chi connectivity index (χ4n) is 2.68. The van der Waals surface area contributed by atoms with Gasteiger partial charge in [-0.2, -0.15) is 5.10 Å². The maximum atomic E-state index is 12.8. The fourth-order valence-corrected chi connectivity index (χ4v) is 3.24. The van der Waals surface area contributed by atoms with Crippen molar-refractivity contribution in [2.24, 2.45) is 0 Å². The van der Waals surface area contributed by atoms with Crippen LogP contribution < -0.4 is 5.32 Å². The van der Waals surface area contributed by atoms with Crippen LogP contribution in [0.3, 0.4) is 0 Å². The molecule has 8 heteroatoms.